The minimum atomic E-state index is -0.482. The first-order valence-corrected chi connectivity index (χ1v) is 16.6. The van der Waals surface area contributed by atoms with Crippen molar-refractivity contribution in [2.45, 2.75) is 181 Å². The van der Waals surface area contributed by atoms with Crippen molar-refractivity contribution in [3.05, 3.63) is 12.2 Å². The molecule has 37 heavy (non-hydrogen) atoms. The smallest absolute Gasteiger partial charge is 0.434 e. The third kappa shape index (κ3) is 33.0. The van der Waals surface area contributed by atoms with Crippen molar-refractivity contribution in [1.82, 2.24) is 0 Å². The molecule has 0 unspecified atom stereocenters. The fourth-order valence-electron chi connectivity index (χ4n) is 4.77. The highest BCUT2D eigenvalue weighted by molar-refractivity contribution is 5.59. The normalized spacial score (nSPS) is 11.6. The highest BCUT2D eigenvalue weighted by atomic mass is 16.7. The zero-order valence-corrected chi connectivity index (χ0v) is 25.5. The van der Waals surface area contributed by atoms with Gasteiger partial charge in [-0.05, 0) is 44.4 Å². The lowest BCUT2D eigenvalue weighted by Gasteiger charge is -2.07. The Labute approximate surface area is 232 Å². The summed E-state index contributed by atoms with van der Waals surface area (Å²) in [5.74, 6) is 0.841. The predicted octanol–water partition coefficient (Wildman–Crippen LogP) is 12.1. The molecule has 0 aliphatic heterocycles. The molecule has 0 aliphatic rings. The van der Waals surface area contributed by atoms with Crippen LogP contribution in [0.3, 0.4) is 0 Å². The van der Waals surface area contributed by atoms with Crippen LogP contribution >= 0.6 is 0 Å². The highest BCUT2D eigenvalue weighted by Crippen LogP contribution is 2.13. The molecule has 0 N–H and O–H groups in total. The molecule has 0 rings (SSSR count). The van der Waals surface area contributed by atoms with E-state index >= 15 is 0 Å². The Balaban J connectivity index is 3.20. The van der Waals surface area contributed by atoms with Crippen molar-refractivity contribution in [2.24, 2.45) is 5.92 Å². The number of unbranched alkanes of at least 4 members (excludes halogenated alkanes) is 21. The predicted molar refractivity (Wildman–Crippen MR) is 162 cm³/mol. The molecule has 0 aromatic rings. The number of rotatable bonds is 29. The van der Waals surface area contributed by atoms with Crippen LogP contribution in [0.4, 0.5) is 4.79 Å². The number of carbonyl (C=O) groups is 1. The average molecular weight is 523 g/mol. The second kappa shape index (κ2) is 31.2. The Bertz CT molecular complexity index is 472. The van der Waals surface area contributed by atoms with E-state index in [0.717, 1.165) is 31.6 Å². The fraction of sp³-hybridized carbons (Fsp3) is 0.912. The van der Waals surface area contributed by atoms with Gasteiger partial charge in [0.2, 0.25) is 0 Å². The molecule has 0 aromatic carbocycles. The molecule has 3 nitrogen and oxygen atoms in total. The summed E-state index contributed by atoms with van der Waals surface area (Å²) in [7, 11) is 0. The lowest BCUT2D eigenvalue weighted by molar-refractivity contribution is 0.0529. The summed E-state index contributed by atoms with van der Waals surface area (Å²) < 4.78 is 10.4. The largest absolute Gasteiger partial charge is 0.508 e. The van der Waals surface area contributed by atoms with Gasteiger partial charge in [0, 0.05) is 0 Å². The first kappa shape index (κ1) is 36.0. The van der Waals surface area contributed by atoms with E-state index in [9.17, 15) is 4.79 Å². The zero-order chi connectivity index (χ0) is 27.1. The molecule has 220 valence electrons. The summed E-state index contributed by atoms with van der Waals surface area (Å²) >= 11 is 0. The molecule has 0 aromatic heterocycles. The van der Waals surface area contributed by atoms with Crippen molar-refractivity contribution >= 4 is 6.16 Å². The molecule has 0 radical (unpaired) electrons. The van der Waals surface area contributed by atoms with Crippen LogP contribution in [0, 0.1) is 5.92 Å². The van der Waals surface area contributed by atoms with Crippen molar-refractivity contribution in [1.29, 1.82) is 0 Å². The minimum Gasteiger partial charge on any atom is -0.434 e. The van der Waals surface area contributed by atoms with Crippen molar-refractivity contribution in [2.75, 3.05) is 13.2 Å². The molecule has 0 amide bonds. The lowest BCUT2D eigenvalue weighted by Crippen LogP contribution is -2.09. The monoisotopic (exact) mass is 523 g/mol. The minimum absolute atomic E-state index is 0.482. The van der Waals surface area contributed by atoms with Crippen LogP contribution in [0.2, 0.25) is 0 Å². The van der Waals surface area contributed by atoms with Gasteiger partial charge in [0.25, 0.3) is 0 Å². The third-order valence-electron chi connectivity index (χ3n) is 7.27. The van der Waals surface area contributed by atoms with Gasteiger partial charge in [0.05, 0.1) is 13.2 Å². The van der Waals surface area contributed by atoms with Gasteiger partial charge in [-0.1, -0.05) is 155 Å². The first-order chi connectivity index (χ1) is 18.2. The SMILES string of the molecule is CCCCCCCCCCC=CCCCCCCCCOC(=O)OCCCCCCCCCCC(C)C. The molecule has 0 spiro atoms. The standard InChI is InChI=1S/C34H66O3/c1-4-5-6-7-8-9-10-11-12-13-14-15-16-17-19-22-25-28-31-36-34(35)37-32-29-26-23-20-18-21-24-27-30-33(2)3/h13-14,33H,4-12,15-32H2,1-3H3. The molecule has 0 aliphatic carbocycles. The van der Waals surface area contributed by atoms with E-state index in [1.807, 2.05) is 0 Å². The molecule has 0 fully saturated rings. The van der Waals surface area contributed by atoms with Crippen molar-refractivity contribution < 1.29 is 14.3 Å². The van der Waals surface area contributed by atoms with Gasteiger partial charge in [0.1, 0.15) is 0 Å². The average Bonchev–Trinajstić information content (AvgIpc) is 2.88. The van der Waals surface area contributed by atoms with Gasteiger partial charge in [-0.15, -0.1) is 0 Å². The van der Waals surface area contributed by atoms with Gasteiger partial charge in [-0.25, -0.2) is 4.79 Å². The number of carbonyl (C=O) groups excluding carboxylic acids is 1. The van der Waals surface area contributed by atoms with Crippen LogP contribution < -0.4 is 0 Å². The van der Waals surface area contributed by atoms with Gasteiger partial charge in [-0.2, -0.15) is 0 Å². The van der Waals surface area contributed by atoms with E-state index in [4.69, 9.17) is 9.47 Å². The molecule has 0 saturated carbocycles. The second-order valence-electron chi connectivity index (χ2n) is 11.6. The number of ether oxygens (including phenoxy) is 2. The summed E-state index contributed by atoms with van der Waals surface area (Å²) in [5.41, 5.74) is 0. The number of allylic oxidation sites excluding steroid dienone is 2. The van der Waals surface area contributed by atoms with Crippen molar-refractivity contribution in [3.8, 4) is 0 Å². The van der Waals surface area contributed by atoms with E-state index < -0.39 is 6.16 Å². The maximum Gasteiger partial charge on any atom is 0.508 e. The Morgan fingerprint density at radius 2 is 0.865 bits per heavy atom. The van der Waals surface area contributed by atoms with Gasteiger partial charge in [-0.3, -0.25) is 0 Å². The summed E-state index contributed by atoms with van der Waals surface area (Å²) in [6.45, 7) is 7.89. The Morgan fingerprint density at radius 3 is 1.27 bits per heavy atom. The maximum absolute atomic E-state index is 11.7. The van der Waals surface area contributed by atoms with E-state index in [1.54, 1.807) is 0 Å². The first-order valence-electron chi connectivity index (χ1n) is 16.6. The van der Waals surface area contributed by atoms with E-state index in [0.29, 0.717) is 13.2 Å². The van der Waals surface area contributed by atoms with Crippen LogP contribution in [0.5, 0.6) is 0 Å². The van der Waals surface area contributed by atoms with Crippen LogP contribution in [0.1, 0.15) is 181 Å². The summed E-state index contributed by atoms with van der Waals surface area (Å²) in [6.07, 6.45) is 36.7. The summed E-state index contributed by atoms with van der Waals surface area (Å²) in [6, 6.07) is 0. The van der Waals surface area contributed by atoms with Gasteiger partial charge in [0.15, 0.2) is 0 Å². The molecule has 0 atom stereocenters. The van der Waals surface area contributed by atoms with Gasteiger partial charge >= 0.3 is 6.16 Å². The topological polar surface area (TPSA) is 35.5 Å². The van der Waals surface area contributed by atoms with Crippen LogP contribution in [0.15, 0.2) is 12.2 Å². The molecule has 0 saturated heterocycles. The quantitative estimate of drug-likeness (QED) is 0.0556. The molecule has 0 heterocycles. The van der Waals surface area contributed by atoms with E-state index in [-0.39, 0.29) is 0 Å². The number of hydrogen-bond donors (Lipinski definition) is 0. The van der Waals surface area contributed by atoms with E-state index in [1.165, 1.54) is 135 Å². The zero-order valence-electron chi connectivity index (χ0n) is 25.5. The molecule has 0 bridgehead atoms. The Hall–Kier alpha value is -0.990. The fourth-order valence-corrected chi connectivity index (χ4v) is 4.77. The molecular weight excluding hydrogens is 456 g/mol. The maximum atomic E-state index is 11.7. The van der Waals surface area contributed by atoms with Crippen LogP contribution in [0.25, 0.3) is 0 Å². The summed E-state index contributed by atoms with van der Waals surface area (Å²) in [4.78, 5) is 11.7. The Morgan fingerprint density at radius 1 is 0.514 bits per heavy atom. The van der Waals surface area contributed by atoms with E-state index in [2.05, 4.69) is 32.9 Å². The van der Waals surface area contributed by atoms with Gasteiger partial charge < -0.3 is 9.47 Å². The second-order valence-corrected chi connectivity index (χ2v) is 11.6. The number of hydrogen-bond acceptors (Lipinski definition) is 3. The molecular formula is C34H66O3. The molecule has 3 heteroatoms. The van der Waals surface area contributed by atoms with Crippen molar-refractivity contribution in [3.63, 3.8) is 0 Å². The highest BCUT2D eigenvalue weighted by Gasteiger charge is 2.03. The summed E-state index contributed by atoms with van der Waals surface area (Å²) in [5, 5.41) is 0. The lowest BCUT2D eigenvalue weighted by atomic mass is 10.0. The third-order valence-corrected chi connectivity index (χ3v) is 7.27. The Kier molecular flexibility index (Phi) is 30.4. The van der Waals surface area contributed by atoms with Crippen LogP contribution in [-0.4, -0.2) is 19.4 Å². The van der Waals surface area contributed by atoms with Crippen LogP contribution in [-0.2, 0) is 9.47 Å².